The van der Waals surface area contributed by atoms with E-state index < -0.39 is 9.84 Å². The van der Waals surface area contributed by atoms with E-state index in [1.807, 2.05) is 0 Å². The van der Waals surface area contributed by atoms with Crippen LogP contribution in [0.4, 0.5) is 0 Å². The maximum Gasteiger partial charge on any atom is 0.150 e. The van der Waals surface area contributed by atoms with Gasteiger partial charge in [0.15, 0.2) is 0 Å². The molecule has 0 spiro atoms. The lowest BCUT2D eigenvalue weighted by atomic mass is 9.85. The molecule has 0 aromatic rings. The Morgan fingerprint density at radius 1 is 0.812 bits per heavy atom. The number of rotatable bonds is 1. The molecule has 2 aliphatic heterocycles. The minimum absolute atomic E-state index is 0.446. The summed E-state index contributed by atoms with van der Waals surface area (Å²) in [6.45, 7) is 2.40. The highest BCUT2D eigenvalue weighted by atomic mass is 32.2. The van der Waals surface area contributed by atoms with Crippen LogP contribution in [0.25, 0.3) is 0 Å². The maximum absolute atomic E-state index is 11.4. The van der Waals surface area contributed by atoms with Gasteiger partial charge in [-0.1, -0.05) is 0 Å². The van der Waals surface area contributed by atoms with Crippen LogP contribution in [0.3, 0.4) is 0 Å². The first-order valence-electron chi connectivity index (χ1n) is 6.55. The molecule has 4 heteroatoms. The predicted octanol–water partition coefficient (Wildman–Crippen LogP) is 1.06. The van der Waals surface area contributed by atoms with Crippen molar-refractivity contribution in [3.05, 3.63) is 0 Å². The molecule has 1 aliphatic carbocycles. The Morgan fingerprint density at radius 3 is 1.94 bits per heavy atom. The molecule has 1 saturated carbocycles. The molecule has 1 N–H and O–H groups in total. The van der Waals surface area contributed by atoms with Crippen LogP contribution in [0.5, 0.6) is 0 Å². The molecule has 3 aliphatic rings. The standard InChI is InChI=1S/C12H21NO2S/c14-16(15)3-1-9(2-4-16)10-5-11-7-13-8-12(11)6-10/h9-13H,1-8H2. The third-order valence-corrected chi connectivity index (χ3v) is 6.67. The Balaban J connectivity index is 1.60. The van der Waals surface area contributed by atoms with Gasteiger partial charge < -0.3 is 5.32 Å². The molecular formula is C12H21NO2S. The molecule has 0 amide bonds. The normalized spacial score (nSPS) is 43.4. The second-order valence-corrected chi connectivity index (χ2v) is 8.20. The second kappa shape index (κ2) is 3.98. The highest BCUT2D eigenvalue weighted by molar-refractivity contribution is 7.91. The number of sulfone groups is 1. The van der Waals surface area contributed by atoms with Crippen molar-refractivity contribution in [1.29, 1.82) is 0 Å². The van der Waals surface area contributed by atoms with Crippen molar-refractivity contribution >= 4 is 9.84 Å². The summed E-state index contributed by atoms with van der Waals surface area (Å²) in [6, 6.07) is 0. The lowest BCUT2D eigenvalue weighted by Crippen LogP contribution is -2.28. The molecule has 16 heavy (non-hydrogen) atoms. The molecule has 92 valence electrons. The molecule has 0 bridgehead atoms. The molecule has 0 radical (unpaired) electrons. The van der Waals surface area contributed by atoms with Gasteiger partial charge in [-0.05, 0) is 62.4 Å². The first-order chi connectivity index (χ1) is 7.64. The van der Waals surface area contributed by atoms with Crippen LogP contribution in [0.1, 0.15) is 25.7 Å². The zero-order valence-corrected chi connectivity index (χ0v) is 10.5. The molecule has 2 atom stereocenters. The van der Waals surface area contributed by atoms with Crippen LogP contribution in [0.15, 0.2) is 0 Å². The van der Waals surface area contributed by atoms with Crippen molar-refractivity contribution in [3.8, 4) is 0 Å². The second-order valence-electron chi connectivity index (χ2n) is 5.90. The molecule has 0 aromatic heterocycles. The molecule has 2 unspecified atom stereocenters. The molecule has 2 saturated heterocycles. The van der Waals surface area contributed by atoms with Crippen molar-refractivity contribution in [2.24, 2.45) is 23.7 Å². The third-order valence-electron chi connectivity index (χ3n) is 4.96. The SMILES string of the molecule is O=S1(=O)CCC(C2CC3CNCC3C2)CC1. The highest BCUT2D eigenvalue weighted by Gasteiger charge is 2.41. The number of hydrogen-bond acceptors (Lipinski definition) is 3. The van der Waals surface area contributed by atoms with Gasteiger partial charge in [-0.25, -0.2) is 8.42 Å². The van der Waals surface area contributed by atoms with E-state index in [1.165, 1.54) is 25.9 Å². The lowest BCUT2D eigenvalue weighted by molar-refractivity contribution is 0.296. The summed E-state index contributed by atoms with van der Waals surface area (Å²) < 4.78 is 22.8. The minimum atomic E-state index is -2.68. The van der Waals surface area contributed by atoms with Gasteiger partial charge in [0.1, 0.15) is 9.84 Å². The monoisotopic (exact) mass is 243 g/mol. The van der Waals surface area contributed by atoms with Crippen LogP contribution in [-0.4, -0.2) is 33.0 Å². The smallest absolute Gasteiger partial charge is 0.150 e. The Kier molecular flexibility index (Phi) is 2.75. The van der Waals surface area contributed by atoms with E-state index in [4.69, 9.17) is 0 Å². The van der Waals surface area contributed by atoms with E-state index in [0.717, 1.165) is 30.6 Å². The Labute approximate surface area is 97.9 Å². The van der Waals surface area contributed by atoms with E-state index in [-0.39, 0.29) is 0 Å². The van der Waals surface area contributed by atoms with Crippen LogP contribution in [-0.2, 0) is 9.84 Å². The zero-order valence-electron chi connectivity index (χ0n) is 9.69. The van der Waals surface area contributed by atoms with E-state index >= 15 is 0 Å². The maximum atomic E-state index is 11.4. The van der Waals surface area contributed by atoms with Crippen LogP contribution in [0.2, 0.25) is 0 Å². The van der Waals surface area contributed by atoms with Crippen molar-refractivity contribution in [3.63, 3.8) is 0 Å². The number of hydrogen-bond donors (Lipinski definition) is 1. The quantitative estimate of drug-likeness (QED) is 0.749. The molecule has 3 rings (SSSR count). The van der Waals surface area contributed by atoms with E-state index in [2.05, 4.69) is 5.32 Å². The largest absolute Gasteiger partial charge is 0.316 e. The molecule has 0 aromatic carbocycles. The summed E-state index contributed by atoms with van der Waals surface area (Å²) in [4.78, 5) is 0. The van der Waals surface area contributed by atoms with Gasteiger partial charge >= 0.3 is 0 Å². The van der Waals surface area contributed by atoms with Gasteiger partial charge in [-0.2, -0.15) is 0 Å². The van der Waals surface area contributed by atoms with Gasteiger partial charge in [0, 0.05) is 0 Å². The van der Waals surface area contributed by atoms with Crippen molar-refractivity contribution in [2.75, 3.05) is 24.6 Å². The first-order valence-corrected chi connectivity index (χ1v) is 8.37. The van der Waals surface area contributed by atoms with Gasteiger partial charge in [0.25, 0.3) is 0 Å². The van der Waals surface area contributed by atoms with Crippen LogP contribution in [0, 0.1) is 23.7 Å². The first kappa shape index (κ1) is 11.0. The van der Waals surface area contributed by atoms with Crippen LogP contribution >= 0.6 is 0 Å². The van der Waals surface area contributed by atoms with E-state index in [9.17, 15) is 8.42 Å². The third kappa shape index (κ3) is 2.02. The Bertz CT molecular complexity index is 339. The van der Waals surface area contributed by atoms with Crippen molar-refractivity contribution < 1.29 is 8.42 Å². The van der Waals surface area contributed by atoms with Crippen molar-refractivity contribution in [2.45, 2.75) is 25.7 Å². The fraction of sp³-hybridized carbons (Fsp3) is 1.00. The topological polar surface area (TPSA) is 46.2 Å². The average Bonchev–Trinajstić information content (AvgIpc) is 2.77. The van der Waals surface area contributed by atoms with Crippen LogP contribution < -0.4 is 5.32 Å². The highest BCUT2D eigenvalue weighted by Crippen LogP contribution is 2.44. The summed E-state index contributed by atoms with van der Waals surface area (Å²) in [7, 11) is -2.68. The molecule has 3 fully saturated rings. The number of fused-ring (bicyclic) bond motifs is 1. The summed E-state index contributed by atoms with van der Waals surface area (Å²) in [5, 5.41) is 3.46. The summed E-state index contributed by atoms with van der Waals surface area (Å²) >= 11 is 0. The Hall–Kier alpha value is -0.0900. The van der Waals surface area contributed by atoms with E-state index in [1.54, 1.807) is 0 Å². The summed E-state index contributed by atoms with van der Waals surface area (Å²) in [5.41, 5.74) is 0. The van der Waals surface area contributed by atoms with Gasteiger partial charge in [0.2, 0.25) is 0 Å². The zero-order chi connectivity index (χ0) is 11.2. The number of nitrogens with one attached hydrogen (secondary N) is 1. The average molecular weight is 243 g/mol. The van der Waals surface area contributed by atoms with E-state index in [0.29, 0.717) is 17.4 Å². The lowest BCUT2D eigenvalue weighted by Gasteiger charge is -2.27. The predicted molar refractivity (Wildman–Crippen MR) is 64.0 cm³/mol. The summed E-state index contributed by atoms with van der Waals surface area (Å²) in [5.74, 6) is 4.21. The molecule has 2 heterocycles. The molecular weight excluding hydrogens is 222 g/mol. The van der Waals surface area contributed by atoms with Crippen molar-refractivity contribution in [1.82, 2.24) is 5.32 Å². The molecule has 3 nitrogen and oxygen atoms in total. The minimum Gasteiger partial charge on any atom is -0.316 e. The van der Waals surface area contributed by atoms with Gasteiger partial charge in [-0.3, -0.25) is 0 Å². The van der Waals surface area contributed by atoms with Gasteiger partial charge in [0.05, 0.1) is 11.5 Å². The fourth-order valence-corrected chi connectivity index (χ4v) is 5.51. The van der Waals surface area contributed by atoms with Gasteiger partial charge in [-0.15, -0.1) is 0 Å². The fourth-order valence-electron chi connectivity index (χ4n) is 3.98. The summed E-state index contributed by atoms with van der Waals surface area (Å²) in [6.07, 6.45) is 4.56. The Morgan fingerprint density at radius 2 is 1.38 bits per heavy atom.